The highest BCUT2D eigenvalue weighted by atomic mass is 32.2. The number of methoxy groups -OCH3 is 1. The van der Waals surface area contributed by atoms with E-state index in [1.165, 1.54) is 11.8 Å². The molecule has 7 heteroatoms. The lowest BCUT2D eigenvalue weighted by Crippen LogP contribution is -2.41. The molecule has 0 saturated heterocycles. The van der Waals surface area contributed by atoms with Gasteiger partial charge in [-0.25, -0.2) is 0 Å². The summed E-state index contributed by atoms with van der Waals surface area (Å²) in [5.41, 5.74) is 1.57. The Hall–Kier alpha value is -2.98. The zero-order valence-electron chi connectivity index (χ0n) is 15.0. The Bertz CT molecular complexity index is 788. The molecular formula is C20H21N3O3S. The van der Waals surface area contributed by atoms with Gasteiger partial charge in [0.1, 0.15) is 17.5 Å². The molecule has 0 fully saturated rings. The van der Waals surface area contributed by atoms with Crippen LogP contribution in [0.25, 0.3) is 0 Å². The van der Waals surface area contributed by atoms with E-state index >= 15 is 0 Å². The molecule has 0 aliphatic rings. The highest BCUT2D eigenvalue weighted by Gasteiger charge is 2.20. The number of nitrogens with one attached hydrogen (secondary N) is 2. The second kappa shape index (κ2) is 10.9. The maximum absolute atomic E-state index is 12.3. The summed E-state index contributed by atoms with van der Waals surface area (Å²) >= 11 is 1.42. The summed E-state index contributed by atoms with van der Waals surface area (Å²) in [4.78, 5) is 24.6. The first-order valence-corrected chi connectivity index (χ1v) is 9.41. The van der Waals surface area contributed by atoms with Crippen LogP contribution < -0.4 is 15.4 Å². The molecule has 2 amide bonds. The van der Waals surface area contributed by atoms with Gasteiger partial charge in [-0.1, -0.05) is 30.3 Å². The number of rotatable bonds is 9. The van der Waals surface area contributed by atoms with E-state index < -0.39 is 5.25 Å². The first-order chi connectivity index (χ1) is 13.1. The van der Waals surface area contributed by atoms with Gasteiger partial charge in [0, 0.05) is 17.9 Å². The van der Waals surface area contributed by atoms with E-state index in [9.17, 15) is 9.59 Å². The third-order valence-corrected chi connectivity index (χ3v) is 5.01. The van der Waals surface area contributed by atoms with Crippen LogP contribution in [0.15, 0.2) is 54.6 Å². The minimum absolute atomic E-state index is 0.0618. The molecule has 0 aromatic heterocycles. The number of ether oxygens (including phenoxy) is 1. The topological polar surface area (TPSA) is 91.2 Å². The molecule has 2 aromatic rings. The average Bonchev–Trinajstić information content (AvgIpc) is 2.72. The highest BCUT2D eigenvalue weighted by Crippen LogP contribution is 2.18. The minimum atomic E-state index is -0.499. The van der Waals surface area contributed by atoms with E-state index in [4.69, 9.17) is 10.00 Å². The van der Waals surface area contributed by atoms with Gasteiger partial charge in [-0.3, -0.25) is 9.59 Å². The van der Waals surface area contributed by atoms with Crippen molar-refractivity contribution in [2.75, 3.05) is 20.2 Å². The van der Waals surface area contributed by atoms with Gasteiger partial charge < -0.3 is 15.4 Å². The van der Waals surface area contributed by atoms with Crippen molar-refractivity contribution in [3.63, 3.8) is 0 Å². The van der Waals surface area contributed by atoms with Gasteiger partial charge in [-0.05, 0) is 29.8 Å². The maximum atomic E-state index is 12.3. The van der Waals surface area contributed by atoms with Crippen molar-refractivity contribution < 1.29 is 14.3 Å². The summed E-state index contributed by atoms with van der Waals surface area (Å²) in [5, 5.41) is 13.5. The molecule has 0 aliphatic heterocycles. The first kappa shape index (κ1) is 20.3. The van der Waals surface area contributed by atoms with Crippen LogP contribution in [0.2, 0.25) is 0 Å². The fourth-order valence-electron chi connectivity index (χ4n) is 2.27. The summed E-state index contributed by atoms with van der Waals surface area (Å²) in [6, 6.07) is 18.4. The summed E-state index contributed by atoms with van der Waals surface area (Å²) in [6.45, 7) is 0.104. The van der Waals surface area contributed by atoms with Crippen LogP contribution in [0, 0.1) is 11.3 Å². The molecule has 2 N–H and O–H groups in total. The average molecular weight is 383 g/mol. The normalized spacial score (nSPS) is 11.1. The predicted molar refractivity (Wildman–Crippen MR) is 105 cm³/mol. The number of nitrogens with zero attached hydrogens (tertiary/aromatic N) is 1. The molecule has 27 heavy (non-hydrogen) atoms. The van der Waals surface area contributed by atoms with E-state index in [1.54, 1.807) is 31.4 Å². The standard InChI is InChI=1S/C20H21N3O3S/c1-26-17-9-7-16(8-10-17)19(24)23-13-18(20(25)22-12-11-21)27-14-15-5-3-2-4-6-15/h2-10,18H,12-14H2,1H3,(H,22,25)(H,23,24). The second-order valence-corrected chi connectivity index (χ2v) is 6.79. The number of nitriles is 1. The minimum Gasteiger partial charge on any atom is -0.497 e. The lowest BCUT2D eigenvalue weighted by Gasteiger charge is -2.16. The molecule has 0 heterocycles. The van der Waals surface area contributed by atoms with Crippen LogP contribution in [0.4, 0.5) is 0 Å². The van der Waals surface area contributed by atoms with Crippen molar-refractivity contribution in [3.05, 3.63) is 65.7 Å². The molecular weight excluding hydrogens is 362 g/mol. The Balaban J connectivity index is 1.96. The molecule has 1 atom stereocenters. The summed E-state index contributed by atoms with van der Waals surface area (Å²) in [6.07, 6.45) is 0. The lowest BCUT2D eigenvalue weighted by molar-refractivity contribution is -0.120. The Morgan fingerprint density at radius 2 is 1.81 bits per heavy atom. The molecule has 0 spiro atoms. The maximum Gasteiger partial charge on any atom is 0.251 e. The molecule has 6 nitrogen and oxygen atoms in total. The van der Waals surface area contributed by atoms with Crippen LogP contribution in [0.3, 0.4) is 0 Å². The number of hydrogen-bond acceptors (Lipinski definition) is 5. The zero-order chi connectivity index (χ0) is 19.5. The first-order valence-electron chi connectivity index (χ1n) is 8.36. The number of carbonyl (C=O) groups is 2. The van der Waals surface area contributed by atoms with Crippen molar-refractivity contribution >= 4 is 23.6 Å². The van der Waals surface area contributed by atoms with Crippen LogP contribution in [0.5, 0.6) is 5.75 Å². The van der Waals surface area contributed by atoms with Crippen molar-refractivity contribution in [2.24, 2.45) is 0 Å². The smallest absolute Gasteiger partial charge is 0.251 e. The molecule has 0 saturated carbocycles. The molecule has 140 valence electrons. The third-order valence-electron chi connectivity index (χ3n) is 3.73. The predicted octanol–water partition coefficient (Wildman–Crippen LogP) is 2.37. The summed E-state index contributed by atoms with van der Waals surface area (Å²) in [7, 11) is 1.56. The fourth-order valence-corrected chi connectivity index (χ4v) is 3.29. The monoisotopic (exact) mass is 383 g/mol. The second-order valence-electron chi connectivity index (χ2n) is 5.60. The molecule has 1 unspecified atom stereocenters. The SMILES string of the molecule is COc1ccc(C(=O)NCC(SCc2ccccc2)C(=O)NCC#N)cc1. The summed E-state index contributed by atoms with van der Waals surface area (Å²) in [5.74, 6) is 0.756. The van der Waals surface area contributed by atoms with Crippen molar-refractivity contribution in [2.45, 2.75) is 11.0 Å². The van der Waals surface area contributed by atoms with Gasteiger partial charge in [0.25, 0.3) is 5.91 Å². The molecule has 2 aromatic carbocycles. The van der Waals surface area contributed by atoms with Gasteiger partial charge in [-0.2, -0.15) is 5.26 Å². The number of amides is 2. The highest BCUT2D eigenvalue weighted by molar-refractivity contribution is 7.99. The fraction of sp³-hybridized carbons (Fsp3) is 0.250. The molecule has 0 aliphatic carbocycles. The Labute approximate surface area is 162 Å². The lowest BCUT2D eigenvalue weighted by atomic mass is 10.2. The van der Waals surface area contributed by atoms with E-state index in [0.29, 0.717) is 17.1 Å². The number of carbonyl (C=O) groups excluding carboxylic acids is 2. The van der Waals surface area contributed by atoms with Gasteiger partial charge in [-0.15, -0.1) is 11.8 Å². The van der Waals surface area contributed by atoms with E-state index in [0.717, 1.165) is 5.56 Å². The van der Waals surface area contributed by atoms with Crippen molar-refractivity contribution in [1.82, 2.24) is 10.6 Å². The van der Waals surface area contributed by atoms with E-state index in [-0.39, 0.29) is 24.9 Å². The van der Waals surface area contributed by atoms with Crippen LogP contribution in [-0.2, 0) is 10.5 Å². The van der Waals surface area contributed by atoms with Crippen molar-refractivity contribution in [3.8, 4) is 11.8 Å². The number of thioether (sulfide) groups is 1. The third kappa shape index (κ3) is 6.68. The largest absolute Gasteiger partial charge is 0.497 e. The Morgan fingerprint density at radius 1 is 1.11 bits per heavy atom. The Morgan fingerprint density at radius 3 is 2.44 bits per heavy atom. The van der Waals surface area contributed by atoms with Gasteiger partial charge in [0.2, 0.25) is 5.91 Å². The zero-order valence-corrected chi connectivity index (χ0v) is 15.8. The quantitative estimate of drug-likeness (QED) is 0.649. The number of hydrogen-bond donors (Lipinski definition) is 2. The number of benzene rings is 2. The van der Waals surface area contributed by atoms with Gasteiger partial charge >= 0.3 is 0 Å². The van der Waals surface area contributed by atoms with E-state index in [1.807, 2.05) is 36.4 Å². The molecule has 2 rings (SSSR count). The van der Waals surface area contributed by atoms with Crippen LogP contribution in [0.1, 0.15) is 15.9 Å². The molecule has 0 radical (unpaired) electrons. The summed E-state index contributed by atoms with van der Waals surface area (Å²) < 4.78 is 5.08. The van der Waals surface area contributed by atoms with Gasteiger partial charge in [0.15, 0.2) is 0 Å². The molecule has 0 bridgehead atoms. The Kier molecular flexibility index (Phi) is 8.20. The van der Waals surface area contributed by atoms with Gasteiger partial charge in [0.05, 0.1) is 13.2 Å². The van der Waals surface area contributed by atoms with Crippen LogP contribution in [-0.4, -0.2) is 37.3 Å². The van der Waals surface area contributed by atoms with E-state index in [2.05, 4.69) is 10.6 Å². The van der Waals surface area contributed by atoms with Crippen molar-refractivity contribution in [1.29, 1.82) is 5.26 Å². The van der Waals surface area contributed by atoms with Crippen LogP contribution >= 0.6 is 11.8 Å².